The molecule has 0 spiro atoms. The molecule has 8 rings (SSSR count). The van der Waals surface area contributed by atoms with Gasteiger partial charge in [0.1, 0.15) is 17.3 Å². The molecule has 0 radical (unpaired) electrons. The van der Waals surface area contributed by atoms with Gasteiger partial charge in [0.25, 0.3) is 0 Å². The molecule has 0 amide bonds. The van der Waals surface area contributed by atoms with E-state index in [-0.39, 0.29) is 11.5 Å². The number of aliphatic carboxylic acids is 1. The molecule has 0 aromatic carbocycles. The summed E-state index contributed by atoms with van der Waals surface area (Å²) in [6, 6.07) is 6.06. The topological polar surface area (TPSA) is 103 Å². The number of hydrogen-bond donors (Lipinski definition) is 1. The van der Waals surface area contributed by atoms with Gasteiger partial charge < -0.3 is 10.0 Å². The van der Waals surface area contributed by atoms with E-state index in [9.17, 15) is 19.6 Å². The van der Waals surface area contributed by atoms with Gasteiger partial charge in [-0.05, 0) is 57.1 Å². The summed E-state index contributed by atoms with van der Waals surface area (Å²) in [5.74, 6) is -1.06. The third kappa shape index (κ3) is 2.80. The molecule has 36 heavy (non-hydrogen) atoms. The van der Waals surface area contributed by atoms with Crippen molar-refractivity contribution in [1.29, 1.82) is 5.26 Å². The Labute approximate surface area is 207 Å². The van der Waals surface area contributed by atoms with Gasteiger partial charge in [-0.2, -0.15) is 15.5 Å². The van der Waals surface area contributed by atoms with Crippen LogP contribution >= 0.6 is 0 Å². The average Bonchev–Trinajstić information content (AvgIpc) is 3.35. The van der Waals surface area contributed by atoms with Crippen molar-refractivity contribution in [2.45, 2.75) is 64.7 Å². The van der Waals surface area contributed by atoms with Gasteiger partial charge in [-0.1, -0.05) is 0 Å². The molecule has 3 fully saturated rings. The molecule has 5 aliphatic rings. The summed E-state index contributed by atoms with van der Waals surface area (Å²) in [5.41, 5.74) is 4.67. The average molecular weight is 490 g/mol. The fourth-order valence-corrected chi connectivity index (χ4v) is 7.47. The maximum absolute atomic E-state index is 14.7. The number of carboxylic acids is 1. The number of halogens is 1. The van der Waals surface area contributed by atoms with E-state index in [4.69, 9.17) is 5.10 Å². The van der Waals surface area contributed by atoms with Crippen molar-refractivity contribution in [3.63, 3.8) is 0 Å². The van der Waals surface area contributed by atoms with Crippen molar-refractivity contribution in [2.24, 2.45) is 10.8 Å². The largest absolute Gasteiger partial charge is 0.481 e. The third-order valence-corrected chi connectivity index (χ3v) is 9.10. The van der Waals surface area contributed by atoms with Crippen LogP contribution in [0.15, 0.2) is 18.3 Å². The number of pyridine rings is 1. The fraction of sp³-hybridized carbons (Fsp3) is 0.538. The molecule has 3 aliphatic carbocycles. The standard InChI is InChI=1S/C26H28FN7O2/c1-15-5-18-20(9-32(15)14-25-11-26(12-25,13-25)24(35)36)30-33-16(2)8-31(10-22(18)33)21-4-3-17(6-28)34-23(21)19(27)7-29-34/h3-4,7,15-16H,5,8-14H2,1-2H3,(H,35,36)/t15-,16+,25?,26?/m0/s1. The van der Waals surface area contributed by atoms with Gasteiger partial charge in [0.05, 0.1) is 41.3 Å². The lowest BCUT2D eigenvalue weighted by Gasteiger charge is -2.69. The number of hydrogen-bond acceptors (Lipinski definition) is 6. The van der Waals surface area contributed by atoms with Gasteiger partial charge in [0, 0.05) is 31.2 Å². The molecule has 2 bridgehead atoms. The third-order valence-electron chi connectivity index (χ3n) is 9.10. The molecular formula is C26H28FN7O2. The van der Waals surface area contributed by atoms with Crippen LogP contribution in [0.1, 0.15) is 61.8 Å². The fourth-order valence-electron chi connectivity index (χ4n) is 7.47. The van der Waals surface area contributed by atoms with Gasteiger partial charge in [0.2, 0.25) is 0 Å². The molecule has 0 saturated heterocycles. The first-order valence-electron chi connectivity index (χ1n) is 12.6. The number of aromatic nitrogens is 4. The zero-order valence-electron chi connectivity index (χ0n) is 20.4. The summed E-state index contributed by atoms with van der Waals surface area (Å²) in [6.07, 6.45) is 4.48. The van der Waals surface area contributed by atoms with Crippen molar-refractivity contribution in [3.05, 3.63) is 46.8 Å². The smallest absolute Gasteiger partial charge is 0.309 e. The van der Waals surface area contributed by atoms with Crippen LogP contribution in [0.3, 0.4) is 0 Å². The van der Waals surface area contributed by atoms with E-state index in [0.29, 0.717) is 30.3 Å². The van der Waals surface area contributed by atoms with Gasteiger partial charge in [-0.25, -0.2) is 8.91 Å². The van der Waals surface area contributed by atoms with Crippen LogP contribution in [0.25, 0.3) is 5.52 Å². The SMILES string of the molecule is C[C@@H]1CN(c2ccc(C#N)n3ncc(F)c23)Cc2c3c(nn21)CN(CC12CC(C(=O)O)(C1)C2)[C@@H](C)C3. The lowest BCUT2D eigenvalue weighted by molar-refractivity contribution is -0.230. The highest BCUT2D eigenvalue weighted by Gasteiger charge is 2.72. The molecule has 2 aliphatic heterocycles. The number of rotatable bonds is 4. The summed E-state index contributed by atoms with van der Waals surface area (Å²) >= 11 is 0. The predicted molar refractivity (Wildman–Crippen MR) is 128 cm³/mol. The zero-order chi connectivity index (χ0) is 25.0. The van der Waals surface area contributed by atoms with E-state index >= 15 is 0 Å². The van der Waals surface area contributed by atoms with E-state index in [1.165, 1.54) is 22.0 Å². The Kier molecular flexibility index (Phi) is 4.28. The van der Waals surface area contributed by atoms with Gasteiger partial charge in [-0.15, -0.1) is 0 Å². The van der Waals surface area contributed by atoms with E-state index in [2.05, 4.69) is 39.5 Å². The number of nitrogens with zero attached hydrogens (tertiary/aromatic N) is 7. The minimum atomic E-state index is -0.631. The quantitative estimate of drug-likeness (QED) is 0.601. The highest BCUT2D eigenvalue weighted by molar-refractivity contribution is 5.79. The Morgan fingerprint density at radius 3 is 2.75 bits per heavy atom. The summed E-state index contributed by atoms with van der Waals surface area (Å²) in [5, 5.41) is 28.0. The predicted octanol–water partition coefficient (Wildman–Crippen LogP) is 3.12. The van der Waals surface area contributed by atoms with Crippen LogP contribution in [-0.2, 0) is 24.3 Å². The molecule has 3 aromatic rings. The summed E-state index contributed by atoms with van der Waals surface area (Å²) in [7, 11) is 0. The Bertz CT molecular complexity index is 1460. The number of anilines is 1. The molecule has 0 unspecified atom stereocenters. The van der Waals surface area contributed by atoms with Gasteiger partial charge >= 0.3 is 5.97 Å². The summed E-state index contributed by atoms with van der Waals surface area (Å²) in [4.78, 5) is 16.2. The molecule has 5 heterocycles. The Morgan fingerprint density at radius 2 is 2.03 bits per heavy atom. The molecule has 9 nitrogen and oxygen atoms in total. The van der Waals surface area contributed by atoms with Crippen molar-refractivity contribution in [3.8, 4) is 6.07 Å². The van der Waals surface area contributed by atoms with E-state index in [1.54, 1.807) is 6.07 Å². The molecular weight excluding hydrogens is 461 g/mol. The zero-order valence-corrected chi connectivity index (χ0v) is 20.4. The summed E-state index contributed by atoms with van der Waals surface area (Å²) < 4.78 is 18.3. The van der Waals surface area contributed by atoms with Crippen molar-refractivity contribution in [2.75, 3.05) is 18.0 Å². The highest BCUT2D eigenvalue weighted by atomic mass is 19.1. The van der Waals surface area contributed by atoms with E-state index in [0.717, 1.165) is 50.2 Å². The number of fused-ring (bicyclic) bond motifs is 4. The van der Waals surface area contributed by atoms with Crippen LogP contribution in [-0.4, -0.2) is 54.5 Å². The van der Waals surface area contributed by atoms with Crippen molar-refractivity contribution >= 4 is 17.2 Å². The first-order chi connectivity index (χ1) is 17.2. The van der Waals surface area contributed by atoms with Crippen LogP contribution in [0.5, 0.6) is 0 Å². The minimum Gasteiger partial charge on any atom is -0.481 e. The Morgan fingerprint density at radius 1 is 1.25 bits per heavy atom. The van der Waals surface area contributed by atoms with Gasteiger partial charge in [0.15, 0.2) is 5.82 Å². The second-order valence-corrected chi connectivity index (χ2v) is 11.6. The molecule has 1 N–H and O–H groups in total. The molecule has 186 valence electrons. The number of nitriles is 1. The molecule has 3 saturated carbocycles. The first-order valence-corrected chi connectivity index (χ1v) is 12.6. The van der Waals surface area contributed by atoms with Crippen molar-refractivity contribution < 1.29 is 14.3 Å². The first kappa shape index (κ1) is 21.8. The lowest BCUT2D eigenvalue weighted by atomic mass is 9.35. The normalized spacial score (nSPS) is 30.8. The molecule has 3 aromatic heterocycles. The number of carboxylic acid groups (broad SMARTS) is 1. The lowest BCUT2D eigenvalue weighted by Crippen LogP contribution is -2.69. The maximum atomic E-state index is 14.7. The molecule has 10 heteroatoms. The van der Waals surface area contributed by atoms with Crippen LogP contribution in [0.4, 0.5) is 10.1 Å². The minimum absolute atomic E-state index is 0.109. The van der Waals surface area contributed by atoms with Gasteiger partial charge in [-0.3, -0.25) is 14.4 Å². The maximum Gasteiger partial charge on any atom is 0.309 e. The van der Waals surface area contributed by atoms with Crippen LogP contribution in [0.2, 0.25) is 0 Å². The van der Waals surface area contributed by atoms with Crippen LogP contribution in [0, 0.1) is 28.0 Å². The Balaban J connectivity index is 1.17. The van der Waals surface area contributed by atoms with E-state index < -0.39 is 17.2 Å². The second kappa shape index (κ2) is 7.07. The van der Waals surface area contributed by atoms with Crippen molar-refractivity contribution in [1.82, 2.24) is 24.3 Å². The number of carbonyl (C=O) groups is 1. The second-order valence-electron chi connectivity index (χ2n) is 11.6. The van der Waals surface area contributed by atoms with Crippen LogP contribution < -0.4 is 4.90 Å². The summed E-state index contributed by atoms with van der Waals surface area (Å²) in [6.45, 7) is 7.41. The van der Waals surface area contributed by atoms with E-state index in [1.807, 2.05) is 6.07 Å². The highest BCUT2D eigenvalue weighted by Crippen LogP contribution is 2.73. The Hall–Kier alpha value is -3.45. The monoisotopic (exact) mass is 489 g/mol. The molecule has 2 atom stereocenters.